The van der Waals surface area contributed by atoms with Gasteiger partial charge in [-0.2, -0.15) is 0 Å². The van der Waals surface area contributed by atoms with Gasteiger partial charge in [0.25, 0.3) is 5.91 Å². The normalized spacial score (nSPS) is 27.1. The molecule has 2 aromatic heterocycles. The van der Waals surface area contributed by atoms with Gasteiger partial charge in [0.05, 0.1) is 6.04 Å². The number of pyridine rings is 1. The molecule has 4 heterocycles. The summed E-state index contributed by atoms with van der Waals surface area (Å²) < 4.78 is 0. The predicted molar refractivity (Wildman–Crippen MR) is 114 cm³/mol. The third-order valence-electron chi connectivity index (χ3n) is 7.11. The van der Waals surface area contributed by atoms with Crippen LogP contribution in [0.5, 0.6) is 0 Å². The quantitative estimate of drug-likeness (QED) is 0.718. The third kappa shape index (κ3) is 2.96. The van der Waals surface area contributed by atoms with Gasteiger partial charge in [-0.3, -0.25) is 19.4 Å². The highest BCUT2D eigenvalue weighted by Gasteiger charge is 2.76. The van der Waals surface area contributed by atoms with Crippen LogP contribution in [0.3, 0.4) is 0 Å². The highest BCUT2D eigenvalue weighted by atomic mass is 16.2. The Bertz CT molecular complexity index is 1030. The number of hydrogen-bond acceptors (Lipinski definition) is 4. The fourth-order valence-corrected chi connectivity index (χ4v) is 5.29. The van der Waals surface area contributed by atoms with Gasteiger partial charge in [0.15, 0.2) is 0 Å². The molecule has 2 N–H and O–H groups in total. The van der Waals surface area contributed by atoms with Crippen molar-refractivity contribution in [3.05, 3.63) is 42.4 Å². The Morgan fingerprint density at radius 3 is 2.68 bits per heavy atom. The number of likely N-dealkylation sites (tertiary alicyclic amines) is 2. The molecule has 8 nitrogen and oxygen atoms in total. The lowest BCUT2D eigenvalue weighted by Crippen LogP contribution is -2.61. The average molecular weight is 422 g/mol. The van der Waals surface area contributed by atoms with Gasteiger partial charge in [-0.15, -0.1) is 0 Å². The number of carbonyl (C=O) groups is 3. The second-order valence-corrected chi connectivity index (χ2v) is 9.99. The number of piperidine rings is 1. The molecule has 2 saturated heterocycles. The molecule has 1 aliphatic carbocycles. The van der Waals surface area contributed by atoms with E-state index in [1.54, 1.807) is 12.3 Å². The van der Waals surface area contributed by atoms with Crippen LogP contribution in [0.2, 0.25) is 0 Å². The van der Waals surface area contributed by atoms with Gasteiger partial charge in [-0.1, -0.05) is 20.8 Å². The van der Waals surface area contributed by atoms with Gasteiger partial charge in [-0.05, 0) is 36.1 Å². The van der Waals surface area contributed by atoms with E-state index in [0.29, 0.717) is 25.2 Å². The first-order valence-electron chi connectivity index (χ1n) is 10.7. The largest absolute Gasteiger partial charge is 0.361 e. The maximum atomic E-state index is 13.2. The molecule has 5 rings (SSSR count). The number of carbonyl (C=O) groups excluding carboxylic acids is 3. The van der Waals surface area contributed by atoms with Crippen molar-refractivity contribution >= 4 is 18.2 Å². The SMILES string of the molecule is CC(C)(C)[C@H](NC=O)C(=O)N1CC2N(C(=O)c3ccc(-c4ccc[nH]4)cn3)CC23CC13. The molecule has 3 aliphatic rings. The number of aromatic amines is 1. The Morgan fingerprint density at radius 1 is 1.26 bits per heavy atom. The van der Waals surface area contributed by atoms with Crippen molar-refractivity contribution in [3.8, 4) is 11.3 Å². The molecule has 0 bridgehead atoms. The van der Waals surface area contributed by atoms with Gasteiger partial charge in [-0.25, -0.2) is 0 Å². The fourth-order valence-electron chi connectivity index (χ4n) is 5.29. The van der Waals surface area contributed by atoms with E-state index >= 15 is 0 Å². The summed E-state index contributed by atoms with van der Waals surface area (Å²) in [6.45, 7) is 7.00. The second kappa shape index (κ2) is 6.67. The van der Waals surface area contributed by atoms with Crippen LogP contribution in [-0.2, 0) is 9.59 Å². The van der Waals surface area contributed by atoms with Crippen molar-refractivity contribution in [2.75, 3.05) is 13.1 Å². The van der Waals surface area contributed by atoms with Gasteiger partial charge < -0.3 is 20.1 Å². The Balaban J connectivity index is 1.29. The number of nitrogens with zero attached hydrogens (tertiary/aromatic N) is 3. The highest BCUT2D eigenvalue weighted by molar-refractivity contribution is 5.94. The highest BCUT2D eigenvalue weighted by Crippen LogP contribution is 2.65. The first-order valence-corrected chi connectivity index (χ1v) is 10.7. The van der Waals surface area contributed by atoms with Crippen molar-refractivity contribution in [3.63, 3.8) is 0 Å². The summed E-state index contributed by atoms with van der Waals surface area (Å²) in [5, 5.41) is 2.70. The first-order chi connectivity index (χ1) is 14.8. The zero-order valence-corrected chi connectivity index (χ0v) is 18.0. The monoisotopic (exact) mass is 421 g/mol. The molecule has 1 saturated carbocycles. The van der Waals surface area contributed by atoms with Gasteiger partial charge in [0.2, 0.25) is 12.3 Å². The van der Waals surface area contributed by atoms with Crippen molar-refractivity contribution < 1.29 is 14.4 Å². The molecule has 0 aromatic carbocycles. The number of amides is 3. The lowest BCUT2D eigenvalue weighted by Gasteiger charge is -2.46. The van der Waals surface area contributed by atoms with Gasteiger partial charge >= 0.3 is 0 Å². The molecule has 0 radical (unpaired) electrons. The molecule has 2 aromatic rings. The standard InChI is InChI=1S/C23H27N5O3/c1-22(2,3)19(26-13-29)21(31)27-11-18-23(9-17(23)27)12-28(18)20(30)16-7-6-14(10-25-16)15-5-4-8-24-15/h4-8,10,13,17-19,24H,9,11-12H2,1-3H3,(H,26,29)/t17?,18?,19-,23?/m1/s1. The zero-order chi connectivity index (χ0) is 22.0. The number of hydrogen-bond donors (Lipinski definition) is 2. The fraction of sp³-hybridized carbons (Fsp3) is 0.478. The molecule has 8 heteroatoms. The Kier molecular flexibility index (Phi) is 4.26. The van der Waals surface area contributed by atoms with Crippen LogP contribution in [0.15, 0.2) is 36.7 Å². The van der Waals surface area contributed by atoms with E-state index in [0.717, 1.165) is 17.7 Å². The van der Waals surface area contributed by atoms with Crippen molar-refractivity contribution in [1.82, 2.24) is 25.1 Å². The lowest BCUT2D eigenvalue weighted by atomic mass is 9.85. The molecule has 4 atom stereocenters. The summed E-state index contributed by atoms with van der Waals surface area (Å²) in [5.41, 5.74) is 1.94. The number of H-pyrrole nitrogens is 1. The number of rotatable bonds is 5. The molecular weight excluding hydrogens is 394 g/mol. The van der Waals surface area contributed by atoms with Crippen LogP contribution in [0.25, 0.3) is 11.3 Å². The molecule has 2 aliphatic heterocycles. The number of nitrogens with one attached hydrogen (secondary N) is 2. The molecule has 3 amide bonds. The minimum Gasteiger partial charge on any atom is -0.361 e. The van der Waals surface area contributed by atoms with Gasteiger partial charge in [0, 0.05) is 48.2 Å². The Morgan fingerprint density at radius 2 is 2.06 bits per heavy atom. The molecule has 3 fully saturated rings. The second-order valence-electron chi connectivity index (χ2n) is 9.99. The van der Waals surface area contributed by atoms with Crippen LogP contribution in [0.1, 0.15) is 37.7 Å². The van der Waals surface area contributed by atoms with E-state index in [1.165, 1.54) is 0 Å². The summed E-state index contributed by atoms with van der Waals surface area (Å²) >= 11 is 0. The van der Waals surface area contributed by atoms with E-state index in [9.17, 15) is 14.4 Å². The van der Waals surface area contributed by atoms with Crippen LogP contribution >= 0.6 is 0 Å². The minimum absolute atomic E-state index is 0.0238. The first kappa shape index (κ1) is 19.8. The van der Waals surface area contributed by atoms with Crippen molar-refractivity contribution in [2.24, 2.45) is 10.8 Å². The van der Waals surface area contributed by atoms with E-state index < -0.39 is 6.04 Å². The summed E-state index contributed by atoms with van der Waals surface area (Å²) in [4.78, 5) is 48.6. The van der Waals surface area contributed by atoms with Crippen molar-refractivity contribution in [1.29, 1.82) is 0 Å². The van der Waals surface area contributed by atoms with E-state index in [2.05, 4.69) is 15.3 Å². The van der Waals surface area contributed by atoms with Crippen LogP contribution in [0.4, 0.5) is 0 Å². The molecular formula is C23H27N5O3. The summed E-state index contributed by atoms with van der Waals surface area (Å²) in [6.07, 6.45) is 5.07. The molecule has 1 spiro atoms. The summed E-state index contributed by atoms with van der Waals surface area (Å²) in [5.74, 6) is -0.149. The predicted octanol–water partition coefficient (Wildman–Crippen LogP) is 1.66. The zero-order valence-electron chi connectivity index (χ0n) is 18.0. The summed E-state index contributed by atoms with van der Waals surface area (Å²) in [6, 6.07) is 7.14. The third-order valence-corrected chi connectivity index (χ3v) is 7.11. The topological polar surface area (TPSA) is 98.4 Å². The molecule has 162 valence electrons. The average Bonchev–Trinajstić information content (AvgIpc) is 3.13. The number of aromatic nitrogens is 2. The Hall–Kier alpha value is -3.16. The van der Waals surface area contributed by atoms with E-state index in [1.807, 2.05) is 55.0 Å². The van der Waals surface area contributed by atoms with Crippen LogP contribution < -0.4 is 5.32 Å². The van der Waals surface area contributed by atoms with E-state index in [-0.39, 0.29) is 34.7 Å². The van der Waals surface area contributed by atoms with Crippen LogP contribution in [0, 0.1) is 10.8 Å². The smallest absolute Gasteiger partial charge is 0.272 e. The molecule has 31 heavy (non-hydrogen) atoms. The van der Waals surface area contributed by atoms with Crippen LogP contribution in [-0.4, -0.2) is 69.2 Å². The van der Waals surface area contributed by atoms with Crippen molar-refractivity contribution in [2.45, 2.75) is 45.3 Å². The lowest BCUT2D eigenvalue weighted by molar-refractivity contribution is -0.137. The van der Waals surface area contributed by atoms with E-state index in [4.69, 9.17) is 0 Å². The summed E-state index contributed by atoms with van der Waals surface area (Å²) in [7, 11) is 0. The maximum Gasteiger partial charge on any atom is 0.272 e. The molecule has 3 unspecified atom stereocenters. The minimum atomic E-state index is -0.577. The Labute approximate surface area is 181 Å². The van der Waals surface area contributed by atoms with Gasteiger partial charge in [0.1, 0.15) is 11.7 Å². The maximum absolute atomic E-state index is 13.2.